The Morgan fingerprint density at radius 1 is 0.533 bits per heavy atom. The van der Waals surface area contributed by atoms with Gasteiger partial charge in [0, 0.05) is 44.4 Å². The Hall–Kier alpha value is -5.67. The van der Waals surface area contributed by atoms with E-state index in [0.717, 1.165) is 40.3 Å². The van der Waals surface area contributed by atoms with Crippen LogP contribution in [0.2, 0.25) is 0 Å². The summed E-state index contributed by atoms with van der Waals surface area (Å²) < 4.78 is 4.78. The van der Waals surface area contributed by atoms with Gasteiger partial charge in [-0.15, -0.1) is 0 Å². The summed E-state index contributed by atoms with van der Waals surface area (Å²) in [4.78, 5) is 5.21. The van der Waals surface area contributed by atoms with Crippen LogP contribution in [0.4, 0.5) is 0 Å². The van der Waals surface area contributed by atoms with Gasteiger partial charge >= 0.3 is 0 Å². The quantitative estimate of drug-likeness (QED) is 0.204. The first kappa shape index (κ1) is 25.8. The van der Waals surface area contributed by atoms with E-state index in [4.69, 9.17) is 4.98 Å². The van der Waals surface area contributed by atoms with Crippen LogP contribution in [0.5, 0.6) is 0 Å². The van der Waals surface area contributed by atoms with Crippen molar-refractivity contribution < 1.29 is 0 Å². The molecule has 3 heterocycles. The minimum atomic E-state index is 0.496. The van der Waals surface area contributed by atoms with Crippen molar-refractivity contribution in [1.82, 2.24) is 14.1 Å². The Morgan fingerprint density at radius 3 is 1.67 bits per heavy atom. The third kappa shape index (κ3) is 4.08. The van der Waals surface area contributed by atoms with Crippen molar-refractivity contribution in [2.45, 2.75) is 19.3 Å². The van der Waals surface area contributed by atoms with Gasteiger partial charge in [0.15, 0.2) is 0 Å². The maximum atomic E-state index is 5.21. The fourth-order valence-corrected chi connectivity index (χ4v) is 7.31. The minimum Gasteiger partial charge on any atom is -0.310 e. The predicted octanol–water partition coefficient (Wildman–Crippen LogP) is 11.0. The number of nitrogens with zero attached hydrogens (tertiary/aromatic N) is 3. The summed E-state index contributed by atoms with van der Waals surface area (Å²) in [7, 11) is 0. The highest BCUT2D eigenvalue weighted by molar-refractivity contribution is 6.09. The fourth-order valence-electron chi connectivity index (χ4n) is 7.31. The number of hydrogen-bond donors (Lipinski definition) is 0. The highest BCUT2D eigenvalue weighted by atomic mass is 15.0. The molecular formula is C42H31N3. The Balaban J connectivity index is 1.14. The molecule has 8 aromatic rings. The van der Waals surface area contributed by atoms with Crippen molar-refractivity contribution in [3.8, 4) is 33.9 Å². The lowest BCUT2D eigenvalue weighted by atomic mass is 9.91. The van der Waals surface area contributed by atoms with Crippen LogP contribution >= 0.6 is 0 Å². The van der Waals surface area contributed by atoms with E-state index >= 15 is 0 Å². The average molecular weight is 578 g/mol. The van der Waals surface area contributed by atoms with E-state index in [2.05, 4.69) is 168 Å². The van der Waals surface area contributed by atoms with Gasteiger partial charge in [-0.2, -0.15) is 0 Å². The first-order valence-electron chi connectivity index (χ1n) is 15.7. The lowest BCUT2D eigenvalue weighted by molar-refractivity contribution is 0.773. The predicted molar refractivity (Wildman–Crippen MR) is 188 cm³/mol. The van der Waals surface area contributed by atoms with Gasteiger partial charge in [-0.1, -0.05) is 97.9 Å². The smallest absolute Gasteiger partial charge is 0.0710 e. The summed E-state index contributed by atoms with van der Waals surface area (Å²) in [6.45, 7) is 2.33. The third-order valence-corrected chi connectivity index (χ3v) is 9.34. The summed E-state index contributed by atoms with van der Waals surface area (Å²) in [5, 5.41) is 3.87. The molecule has 0 spiro atoms. The second-order valence-electron chi connectivity index (χ2n) is 12.1. The van der Waals surface area contributed by atoms with Crippen molar-refractivity contribution in [1.29, 1.82) is 0 Å². The molecule has 1 unspecified atom stereocenters. The highest BCUT2D eigenvalue weighted by Gasteiger charge is 2.23. The van der Waals surface area contributed by atoms with Gasteiger partial charge in [-0.25, -0.2) is 4.98 Å². The van der Waals surface area contributed by atoms with Crippen molar-refractivity contribution in [3.63, 3.8) is 0 Å². The standard InChI is InChI=1S/C42H31N3/c1-28-12-8-25-41-42(28)35-19-4-7-24-40(35)45(41)32-16-10-14-30(27-32)37-21-11-20-36(43-37)29-13-9-15-31(26-29)44-38-22-5-2-17-33(38)34-18-3-6-23-39(34)44/h2-11,13-28H,12H2,1H3. The molecule has 3 aromatic heterocycles. The molecule has 1 aliphatic carbocycles. The molecule has 3 nitrogen and oxygen atoms in total. The van der Waals surface area contributed by atoms with Gasteiger partial charge in [0.1, 0.15) is 0 Å². The summed E-state index contributed by atoms with van der Waals surface area (Å²) in [6, 6.07) is 50.0. The molecule has 45 heavy (non-hydrogen) atoms. The van der Waals surface area contributed by atoms with Crippen molar-refractivity contribution in [2.75, 3.05) is 0 Å². The van der Waals surface area contributed by atoms with E-state index in [1.807, 2.05) is 0 Å². The second-order valence-corrected chi connectivity index (χ2v) is 12.1. The summed E-state index contributed by atoms with van der Waals surface area (Å²) in [5.74, 6) is 0.496. The van der Waals surface area contributed by atoms with Crippen LogP contribution in [0.15, 0.2) is 146 Å². The summed E-state index contributed by atoms with van der Waals surface area (Å²) in [5.41, 5.74) is 12.8. The van der Waals surface area contributed by atoms with E-state index in [1.54, 1.807) is 0 Å². The van der Waals surface area contributed by atoms with Crippen LogP contribution < -0.4 is 0 Å². The number of benzene rings is 5. The number of aromatic nitrogens is 3. The lowest BCUT2D eigenvalue weighted by Gasteiger charge is -2.17. The van der Waals surface area contributed by atoms with Crippen molar-refractivity contribution in [3.05, 3.63) is 157 Å². The molecule has 5 aromatic carbocycles. The van der Waals surface area contributed by atoms with Crippen molar-refractivity contribution in [2.24, 2.45) is 0 Å². The Kier molecular flexibility index (Phi) is 5.85. The van der Waals surface area contributed by atoms with Crippen LogP contribution in [0.1, 0.15) is 30.5 Å². The molecule has 0 saturated carbocycles. The molecule has 0 saturated heterocycles. The number of rotatable bonds is 4. The first-order chi connectivity index (χ1) is 22.2. The Bertz CT molecular complexity index is 2380. The number of fused-ring (bicyclic) bond motifs is 6. The molecule has 0 N–H and O–H groups in total. The molecule has 3 heteroatoms. The van der Waals surface area contributed by atoms with Gasteiger partial charge < -0.3 is 9.13 Å². The zero-order valence-corrected chi connectivity index (χ0v) is 25.1. The average Bonchev–Trinajstić information content (AvgIpc) is 3.62. The SMILES string of the molecule is CC1CC=Cc2c1c1ccccc1n2-c1cccc(-c2cccc(-c3cccc(-n4c5ccccc5c5ccccc54)c3)n2)c1. The molecular weight excluding hydrogens is 546 g/mol. The molecule has 0 aliphatic heterocycles. The summed E-state index contributed by atoms with van der Waals surface area (Å²) >= 11 is 0. The molecule has 0 fully saturated rings. The monoisotopic (exact) mass is 577 g/mol. The molecule has 0 amide bonds. The van der Waals surface area contributed by atoms with E-state index in [9.17, 15) is 0 Å². The fraction of sp³-hybridized carbons (Fsp3) is 0.0714. The molecule has 214 valence electrons. The van der Waals surface area contributed by atoms with Crippen LogP contribution in [-0.2, 0) is 0 Å². The van der Waals surface area contributed by atoms with Gasteiger partial charge in [0.05, 0.1) is 27.9 Å². The molecule has 1 aliphatic rings. The van der Waals surface area contributed by atoms with Gasteiger partial charge in [-0.05, 0) is 78.6 Å². The largest absolute Gasteiger partial charge is 0.310 e. The normalized spacial score (nSPS) is 14.4. The van der Waals surface area contributed by atoms with E-state index in [-0.39, 0.29) is 0 Å². The Labute approximate surface area is 262 Å². The maximum Gasteiger partial charge on any atom is 0.0710 e. The van der Waals surface area contributed by atoms with Gasteiger partial charge in [-0.3, -0.25) is 0 Å². The van der Waals surface area contributed by atoms with Gasteiger partial charge in [0.25, 0.3) is 0 Å². The third-order valence-electron chi connectivity index (χ3n) is 9.34. The van der Waals surface area contributed by atoms with Crippen LogP contribution in [0.25, 0.3) is 72.7 Å². The topological polar surface area (TPSA) is 22.8 Å². The second kappa shape index (κ2) is 10.2. The van der Waals surface area contributed by atoms with Crippen molar-refractivity contribution >= 4 is 38.8 Å². The van der Waals surface area contributed by atoms with Gasteiger partial charge in [0.2, 0.25) is 0 Å². The maximum absolute atomic E-state index is 5.21. The van der Waals surface area contributed by atoms with Crippen LogP contribution in [-0.4, -0.2) is 14.1 Å². The number of hydrogen-bond acceptors (Lipinski definition) is 1. The number of para-hydroxylation sites is 3. The molecule has 0 radical (unpaired) electrons. The number of pyridine rings is 1. The zero-order valence-electron chi connectivity index (χ0n) is 25.1. The number of allylic oxidation sites excluding steroid dienone is 1. The van der Waals surface area contributed by atoms with E-state index in [0.29, 0.717) is 5.92 Å². The van der Waals surface area contributed by atoms with E-state index < -0.39 is 0 Å². The highest BCUT2D eigenvalue weighted by Crippen LogP contribution is 2.40. The summed E-state index contributed by atoms with van der Waals surface area (Å²) in [6.07, 6.45) is 5.69. The van der Waals surface area contributed by atoms with Crippen LogP contribution in [0, 0.1) is 0 Å². The van der Waals surface area contributed by atoms with Crippen LogP contribution in [0.3, 0.4) is 0 Å². The zero-order chi connectivity index (χ0) is 29.9. The molecule has 0 bridgehead atoms. The molecule has 1 atom stereocenters. The Morgan fingerprint density at radius 2 is 1.04 bits per heavy atom. The molecule has 9 rings (SSSR count). The minimum absolute atomic E-state index is 0.496. The lowest BCUT2D eigenvalue weighted by Crippen LogP contribution is -2.03. The first-order valence-corrected chi connectivity index (χ1v) is 15.7. The van der Waals surface area contributed by atoms with E-state index in [1.165, 1.54) is 44.0 Å².